The van der Waals surface area contributed by atoms with Crippen molar-refractivity contribution in [2.45, 2.75) is 30.9 Å². The van der Waals surface area contributed by atoms with E-state index < -0.39 is 11.8 Å². The van der Waals surface area contributed by atoms with Crippen molar-refractivity contribution in [2.24, 2.45) is 5.92 Å². The Labute approximate surface area is 113 Å². The van der Waals surface area contributed by atoms with Gasteiger partial charge in [-0.15, -0.1) is 11.8 Å². The number of rotatable bonds is 4. The maximum absolute atomic E-state index is 13.9. The molecule has 0 aliphatic carbocycles. The van der Waals surface area contributed by atoms with E-state index in [1.54, 1.807) is 0 Å². The lowest BCUT2D eigenvalue weighted by Crippen LogP contribution is -2.07. The summed E-state index contributed by atoms with van der Waals surface area (Å²) in [6.45, 7) is 6.15. The van der Waals surface area contributed by atoms with Gasteiger partial charge in [-0.05, 0) is 34.0 Å². The summed E-state index contributed by atoms with van der Waals surface area (Å²) >= 11 is 4.40. The monoisotopic (exact) mass is 320 g/mol. The molecule has 0 radical (unpaired) electrons. The van der Waals surface area contributed by atoms with Crippen molar-refractivity contribution in [1.82, 2.24) is 0 Å². The van der Waals surface area contributed by atoms with Crippen LogP contribution in [0.1, 0.15) is 31.1 Å². The molecule has 0 bridgehead atoms. The van der Waals surface area contributed by atoms with Crippen LogP contribution in [0, 0.1) is 11.7 Å². The Balaban J connectivity index is 3.05. The molecule has 0 aromatic heterocycles. The van der Waals surface area contributed by atoms with Gasteiger partial charge < -0.3 is 5.11 Å². The highest BCUT2D eigenvalue weighted by Crippen LogP contribution is 2.34. The van der Waals surface area contributed by atoms with E-state index in [1.165, 1.54) is 23.9 Å². The first-order valence-electron chi connectivity index (χ1n) is 5.22. The number of hydrogen-bond acceptors (Lipinski definition) is 2. The third-order valence-electron chi connectivity index (χ3n) is 2.53. The lowest BCUT2D eigenvalue weighted by atomic mass is 10.2. The average molecular weight is 321 g/mol. The topological polar surface area (TPSA) is 37.3 Å². The standard InChI is InChI=1S/C12H14BrFO2S/c1-6(2)7(3)17-9-5-4-8(12(15)16)10(13)11(9)14/h4-7H,1-3H3,(H,15,16). The Morgan fingerprint density at radius 2 is 2.00 bits per heavy atom. The first kappa shape index (κ1) is 14.5. The number of carboxylic acid groups (broad SMARTS) is 1. The number of benzene rings is 1. The van der Waals surface area contributed by atoms with Crippen LogP contribution in [0.25, 0.3) is 0 Å². The minimum absolute atomic E-state index is 0.0194. The van der Waals surface area contributed by atoms with Crippen LogP contribution in [0.4, 0.5) is 4.39 Å². The first-order valence-corrected chi connectivity index (χ1v) is 6.89. The van der Waals surface area contributed by atoms with Crippen molar-refractivity contribution in [1.29, 1.82) is 0 Å². The van der Waals surface area contributed by atoms with Crippen molar-refractivity contribution in [3.63, 3.8) is 0 Å². The quantitative estimate of drug-likeness (QED) is 0.834. The minimum Gasteiger partial charge on any atom is -0.478 e. The fourth-order valence-electron chi connectivity index (χ4n) is 1.12. The van der Waals surface area contributed by atoms with E-state index in [1.807, 2.05) is 6.92 Å². The van der Waals surface area contributed by atoms with E-state index in [9.17, 15) is 9.18 Å². The fraction of sp³-hybridized carbons (Fsp3) is 0.417. The molecule has 1 N–H and O–H groups in total. The van der Waals surface area contributed by atoms with Gasteiger partial charge in [-0.1, -0.05) is 20.8 Å². The summed E-state index contributed by atoms with van der Waals surface area (Å²) < 4.78 is 13.9. The van der Waals surface area contributed by atoms with E-state index in [0.29, 0.717) is 10.8 Å². The molecule has 0 aliphatic rings. The smallest absolute Gasteiger partial charge is 0.336 e. The van der Waals surface area contributed by atoms with Crippen LogP contribution in [-0.4, -0.2) is 16.3 Å². The number of aromatic carboxylic acids is 1. The van der Waals surface area contributed by atoms with Crippen LogP contribution >= 0.6 is 27.7 Å². The molecular formula is C12H14BrFO2S. The van der Waals surface area contributed by atoms with E-state index in [4.69, 9.17) is 5.11 Å². The minimum atomic E-state index is -1.13. The van der Waals surface area contributed by atoms with Crippen LogP contribution in [0.2, 0.25) is 0 Å². The molecule has 0 saturated carbocycles. The normalized spacial score (nSPS) is 12.8. The summed E-state index contributed by atoms with van der Waals surface area (Å²) in [7, 11) is 0. The molecule has 0 amide bonds. The molecule has 94 valence electrons. The van der Waals surface area contributed by atoms with Gasteiger partial charge in [0.15, 0.2) is 5.82 Å². The van der Waals surface area contributed by atoms with Gasteiger partial charge in [-0.2, -0.15) is 0 Å². The van der Waals surface area contributed by atoms with E-state index >= 15 is 0 Å². The van der Waals surface area contributed by atoms with Gasteiger partial charge >= 0.3 is 5.97 Å². The summed E-state index contributed by atoms with van der Waals surface area (Å²) in [5, 5.41) is 9.12. The van der Waals surface area contributed by atoms with Crippen molar-refractivity contribution in [3.8, 4) is 0 Å². The summed E-state index contributed by atoms with van der Waals surface area (Å²) in [5.74, 6) is -1.20. The molecule has 0 saturated heterocycles. The Morgan fingerprint density at radius 3 is 2.47 bits per heavy atom. The van der Waals surface area contributed by atoms with Gasteiger partial charge in [-0.3, -0.25) is 0 Å². The predicted molar refractivity (Wildman–Crippen MR) is 71.2 cm³/mol. The van der Waals surface area contributed by atoms with Gasteiger partial charge in [0.1, 0.15) is 0 Å². The van der Waals surface area contributed by atoms with Crippen LogP contribution in [0.5, 0.6) is 0 Å². The molecule has 17 heavy (non-hydrogen) atoms. The Bertz CT molecular complexity index is 435. The second-order valence-corrected chi connectivity index (χ2v) is 6.32. The van der Waals surface area contributed by atoms with Crippen molar-refractivity contribution in [3.05, 3.63) is 28.0 Å². The molecule has 1 aromatic carbocycles. The number of hydrogen-bond donors (Lipinski definition) is 1. The number of thioether (sulfide) groups is 1. The molecule has 1 rings (SSSR count). The molecule has 1 aromatic rings. The SMILES string of the molecule is CC(C)C(C)Sc1ccc(C(=O)O)c(Br)c1F. The highest BCUT2D eigenvalue weighted by molar-refractivity contribution is 9.10. The number of halogens is 2. The van der Waals surface area contributed by atoms with Crippen LogP contribution in [-0.2, 0) is 0 Å². The molecule has 2 nitrogen and oxygen atoms in total. The second kappa shape index (κ2) is 5.87. The van der Waals surface area contributed by atoms with Gasteiger partial charge in [0.05, 0.1) is 10.0 Å². The van der Waals surface area contributed by atoms with Gasteiger partial charge in [-0.25, -0.2) is 9.18 Å². The third kappa shape index (κ3) is 3.45. The number of carboxylic acids is 1. The first-order chi connectivity index (χ1) is 7.84. The Hall–Kier alpha value is -0.550. The highest BCUT2D eigenvalue weighted by Gasteiger charge is 2.18. The molecule has 5 heteroatoms. The van der Waals surface area contributed by atoms with E-state index in [2.05, 4.69) is 29.8 Å². The van der Waals surface area contributed by atoms with Crippen molar-refractivity contribution in [2.75, 3.05) is 0 Å². The molecule has 0 fully saturated rings. The highest BCUT2D eigenvalue weighted by atomic mass is 79.9. The zero-order valence-electron chi connectivity index (χ0n) is 9.83. The molecule has 1 unspecified atom stereocenters. The number of carbonyl (C=O) groups is 1. The van der Waals surface area contributed by atoms with Crippen molar-refractivity contribution < 1.29 is 14.3 Å². The fourth-order valence-corrected chi connectivity index (χ4v) is 2.80. The van der Waals surface area contributed by atoms with Gasteiger partial charge in [0.25, 0.3) is 0 Å². The molecule has 0 heterocycles. The summed E-state index contributed by atoms with van der Waals surface area (Å²) in [4.78, 5) is 11.3. The summed E-state index contributed by atoms with van der Waals surface area (Å²) in [5.41, 5.74) is -0.0518. The maximum Gasteiger partial charge on any atom is 0.336 e. The second-order valence-electron chi connectivity index (χ2n) is 4.11. The lowest BCUT2D eigenvalue weighted by Gasteiger charge is -2.16. The van der Waals surface area contributed by atoms with E-state index in [-0.39, 0.29) is 15.3 Å². The Morgan fingerprint density at radius 1 is 1.41 bits per heavy atom. The van der Waals surface area contributed by atoms with Gasteiger partial charge in [0.2, 0.25) is 0 Å². The zero-order valence-corrected chi connectivity index (χ0v) is 12.2. The third-order valence-corrected chi connectivity index (χ3v) is 4.79. The zero-order chi connectivity index (χ0) is 13.2. The van der Waals surface area contributed by atoms with Crippen LogP contribution < -0.4 is 0 Å². The molecular weight excluding hydrogens is 307 g/mol. The maximum atomic E-state index is 13.9. The summed E-state index contributed by atoms with van der Waals surface area (Å²) in [6.07, 6.45) is 0. The van der Waals surface area contributed by atoms with Crippen LogP contribution in [0.3, 0.4) is 0 Å². The summed E-state index contributed by atoms with van der Waals surface area (Å²) in [6, 6.07) is 2.94. The largest absolute Gasteiger partial charge is 0.478 e. The van der Waals surface area contributed by atoms with Crippen molar-refractivity contribution >= 4 is 33.7 Å². The van der Waals surface area contributed by atoms with E-state index in [0.717, 1.165) is 0 Å². The predicted octanol–water partition coefficient (Wildman–Crippen LogP) is 4.42. The molecule has 0 spiro atoms. The van der Waals surface area contributed by atoms with Crippen LogP contribution in [0.15, 0.2) is 21.5 Å². The Kier molecular flexibility index (Phi) is 5.01. The molecule has 1 atom stereocenters. The average Bonchev–Trinajstić information content (AvgIpc) is 2.24. The lowest BCUT2D eigenvalue weighted by molar-refractivity contribution is 0.0695. The van der Waals surface area contributed by atoms with Gasteiger partial charge in [0, 0.05) is 10.1 Å². The molecule has 0 aliphatic heterocycles.